The highest BCUT2D eigenvalue weighted by Gasteiger charge is 2.15. The summed E-state index contributed by atoms with van der Waals surface area (Å²) >= 11 is 1.82. The van der Waals surface area contributed by atoms with Gasteiger partial charge >= 0.3 is 0 Å². The SMILES string of the molecule is N#CCN1CCCCc2sccc21. The van der Waals surface area contributed by atoms with Crippen molar-refractivity contribution in [2.45, 2.75) is 19.3 Å². The Morgan fingerprint density at radius 3 is 3.31 bits per heavy atom. The van der Waals surface area contributed by atoms with E-state index in [1.807, 2.05) is 11.3 Å². The molecule has 0 radical (unpaired) electrons. The third-order valence-corrected chi connectivity index (χ3v) is 3.38. The molecule has 1 aliphatic heterocycles. The summed E-state index contributed by atoms with van der Waals surface area (Å²) in [6.45, 7) is 1.57. The van der Waals surface area contributed by atoms with E-state index in [1.54, 1.807) is 0 Å². The molecule has 0 saturated carbocycles. The zero-order valence-corrected chi connectivity index (χ0v) is 8.31. The van der Waals surface area contributed by atoms with E-state index in [-0.39, 0.29) is 0 Å². The molecule has 1 aromatic rings. The van der Waals surface area contributed by atoms with E-state index in [4.69, 9.17) is 5.26 Å². The van der Waals surface area contributed by atoms with Gasteiger partial charge in [-0.15, -0.1) is 11.3 Å². The Labute approximate surface area is 82.4 Å². The molecule has 0 aromatic carbocycles. The highest BCUT2D eigenvalue weighted by molar-refractivity contribution is 7.10. The van der Waals surface area contributed by atoms with Crippen molar-refractivity contribution in [2.24, 2.45) is 0 Å². The second-order valence-corrected chi connectivity index (χ2v) is 4.27. The minimum absolute atomic E-state index is 0.531. The van der Waals surface area contributed by atoms with Gasteiger partial charge < -0.3 is 4.90 Å². The Hall–Kier alpha value is -1.01. The average Bonchev–Trinajstić information content (AvgIpc) is 2.52. The number of hydrogen-bond donors (Lipinski definition) is 0. The van der Waals surface area contributed by atoms with Crippen LogP contribution in [-0.2, 0) is 6.42 Å². The van der Waals surface area contributed by atoms with Crippen molar-refractivity contribution in [3.05, 3.63) is 16.3 Å². The highest BCUT2D eigenvalue weighted by Crippen LogP contribution is 2.30. The van der Waals surface area contributed by atoms with Gasteiger partial charge in [0.05, 0.1) is 11.8 Å². The number of nitriles is 1. The Bertz CT molecular complexity index is 324. The maximum Gasteiger partial charge on any atom is 0.105 e. The van der Waals surface area contributed by atoms with Gasteiger partial charge in [-0.05, 0) is 30.7 Å². The van der Waals surface area contributed by atoms with Crippen LogP contribution in [0, 0.1) is 11.3 Å². The fourth-order valence-corrected chi connectivity index (χ4v) is 2.70. The van der Waals surface area contributed by atoms with Crippen LogP contribution in [-0.4, -0.2) is 13.1 Å². The van der Waals surface area contributed by atoms with E-state index in [0.717, 1.165) is 6.54 Å². The first-order valence-electron chi connectivity index (χ1n) is 4.60. The number of aryl methyl sites for hydroxylation is 1. The second-order valence-electron chi connectivity index (χ2n) is 3.27. The maximum atomic E-state index is 8.69. The average molecular weight is 192 g/mol. The standard InChI is InChI=1S/C10H12N2S/c11-5-7-12-6-2-1-3-10-9(12)4-8-13-10/h4,8H,1-3,6-7H2. The maximum absolute atomic E-state index is 8.69. The molecule has 0 fully saturated rings. The smallest absolute Gasteiger partial charge is 0.105 e. The van der Waals surface area contributed by atoms with Gasteiger partial charge in [0.15, 0.2) is 0 Å². The second kappa shape index (κ2) is 3.80. The molecule has 0 amide bonds. The molecule has 0 unspecified atom stereocenters. The molecule has 0 aliphatic carbocycles. The third-order valence-electron chi connectivity index (χ3n) is 2.41. The molecule has 13 heavy (non-hydrogen) atoms. The molecule has 68 valence electrons. The number of nitrogens with zero attached hydrogens (tertiary/aromatic N) is 2. The number of hydrogen-bond acceptors (Lipinski definition) is 3. The van der Waals surface area contributed by atoms with Crippen LogP contribution in [0.25, 0.3) is 0 Å². The number of anilines is 1. The van der Waals surface area contributed by atoms with Crippen LogP contribution in [0.3, 0.4) is 0 Å². The van der Waals surface area contributed by atoms with Gasteiger partial charge in [0.2, 0.25) is 0 Å². The summed E-state index contributed by atoms with van der Waals surface area (Å²) in [5, 5.41) is 10.8. The molecule has 0 bridgehead atoms. The predicted molar refractivity (Wildman–Crippen MR) is 55.1 cm³/mol. The van der Waals surface area contributed by atoms with E-state index in [2.05, 4.69) is 22.4 Å². The van der Waals surface area contributed by atoms with Crippen LogP contribution in [0.1, 0.15) is 17.7 Å². The molecule has 3 heteroatoms. The molecule has 2 nitrogen and oxygen atoms in total. The molecule has 0 saturated heterocycles. The molecule has 1 aromatic heterocycles. The lowest BCUT2D eigenvalue weighted by atomic mass is 10.2. The Morgan fingerprint density at radius 1 is 1.54 bits per heavy atom. The fraction of sp³-hybridized carbons (Fsp3) is 0.500. The van der Waals surface area contributed by atoms with Gasteiger partial charge in [-0.25, -0.2) is 0 Å². The van der Waals surface area contributed by atoms with Gasteiger partial charge in [0, 0.05) is 11.4 Å². The van der Waals surface area contributed by atoms with Crippen molar-refractivity contribution in [2.75, 3.05) is 18.0 Å². The summed E-state index contributed by atoms with van der Waals surface area (Å²) in [5.41, 5.74) is 1.30. The molecule has 0 spiro atoms. The molecule has 0 atom stereocenters. The van der Waals surface area contributed by atoms with Gasteiger partial charge in [0.1, 0.15) is 6.54 Å². The zero-order valence-electron chi connectivity index (χ0n) is 7.49. The lowest BCUT2D eigenvalue weighted by molar-refractivity contribution is 0.739. The predicted octanol–water partition coefficient (Wildman–Crippen LogP) is 2.41. The van der Waals surface area contributed by atoms with Crippen molar-refractivity contribution in [3.8, 4) is 6.07 Å². The number of rotatable bonds is 1. The van der Waals surface area contributed by atoms with Gasteiger partial charge in [-0.3, -0.25) is 0 Å². The highest BCUT2D eigenvalue weighted by atomic mass is 32.1. The summed E-state index contributed by atoms with van der Waals surface area (Å²) in [4.78, 5) is 3.64. The molecule has 0 N–H and O–H groups in total. The van der Waals surface area contributed by atoms with Crippen LogP contribution in [0.15, 0.2) is 11.4 Å². The molecular formula is C10H12N2S. The van der Waals surface area contributed by atoms with Crippen LogP contribution >= 0.6 is 11.3 Å². The monoisotopic (exact) mass is 192 g/mol. The van der Waals surface area contributed by atoms with Gasteiger partial charge in [-0.1, -0.05) is 0 Å². The van der Waals surface area contributed by atoms with Crippen LogP contribution < -0.4 is 4.90 Å². The van der Waals surface area contributed by atoms with Gasteiger partial charge in [0.25, 0.3) is 0 Å². The first-order chi connectivity index (χ1) is 6.42. The van der Waals surface area contributed by atoms with Crippen LogP contribution in [0.5, 0.6) is 0 Å². The lowest BCUT2D eigenvalue weighted by Gasteiger charge is -2.18. The number of fused-ring (bicyclic) bond motifs is 1. The quantitative estimate of drug-likeness (QED) is 0.639. The van der Waals surface area contributed by atoms with E-state index in [1.165, 1.54) is 29.8 Å². The fourth-order valence-electron chi connectivity index (χ4n) is 1.76. The van der Waals surface area contributed by atoms with Crippen molar-refractivity contribution < 1.29 is 0 Å². The van der Waals surface area contributed by atoms with E-state index in [0.29, 0.717) is 6.54 Å². The largest absolute Gasteiger partial charge is 0.357 e. The summed E-state index contributed by atoms with van der Waals surface area (Å²) in [5.74, 6) is 0. The van der Waals surface area contributed by atoms with Gasteiger partial charge in [-0.2, -0.15) is 5.26 Å². The minimum atomic E-state index is 0.531. The van der Waals surface area contributed by atoms with Crippen molar-refractivity contribution in [1.82, 2.24) is 0 Å². The summed E-state index contributed by atoms with van der Waals surface area (Å²) < 4.78 is 0. The lowest BCUT2D eigenvalue weighted by Crippen LogP contribution is -2.23. The molecule has 2 heterocycles. The van der Waals surface area contributed by atoms with Crippen molar-refractivity contribution in [3.63, 3.8) is 0 Å². The Morgan fingerprint density at radius 2 is 2.46 bits per heavy atom. The Kier molecular flexibility index (Phi) is 2.51. The first-order valence-corrected chi connectivity index (χ1v) is 5.48. The van der Waals surface area contributed by atoms with Crippen molar-refractivity contribution in [1.29, 1.82) is 5.26 Å². The zero-order chi connectivity index (χ0) is 9.10. The minimum Gasteiger partial charge on any atom is -0.357 e. The topological polar surface area (TPSA) is 27.0 Å². The summed E-state index contributed by atoms with van der Waals surface area (Å²) in [7, 11) is 0. The van der Waals surface area contributed by atoms with E-state index >= 15 is 0 Å². The Balaban J connectivity index is 2.26. The summed E-state index contributed by atoms with van der Waals surface area (Å²) in [6.07, 6.45) is 3.66. The normalized spacial score (nSPS) is 16.1. The first kappa shape index (κ1) is 8.58. The number of thiophene rings is 1. The molecule has 1 aliphatic rings. The van der Waals surface area contributed by atoms with E-state index < -0.39 is 0 Å². The molecule has 2 rings (SSSR count). The van der Waals surface area contributed by atoms with Crippen LogP contribution in [0.2, 0.25) is 0 Å². The van der Waals surface area contributed by atoms with E-state index in [9.17, 15) is 0 Å². The van der Waals surface area contributed by atoms with Crippen LogP contribution in [0.4, 0.5) is 5.69 Å². The molecular weight excluding hydrogens is 180 g/mol. The van der Waals surface area contributed by atoms with Crippen molar-refractivity contribution >= 4 is 17.0 Å². The third kappa shape index (κ3) is 1.68. The summed E-state index contributed by atoms with van der Waals surface area (Å²) in [6, 6.07) is 4.37.